The van der Waals surface area contributed by atoms with Crippen molar-refractivity contribution in [1.29, 1.82) is 0 Å². The Kier molecular flexibility index (Phi) is 3.54. The molecule has 1 aromatic heterocycles. The summed E-state index contributed by atoms with van der Waals surface area (Å²) in [7, 11) is 1.86. The van der Waals surface area contributed by atoms with E-state index in [0.717, 1.165) is 25.2 Å². The highest BCUT2D eigenvalue weighted by atomic mass is 14.9. The molecule has 66 valence electrons. The fourth-order valence-corrected chi connectivity index (χ4v) is 1.03. The van der Waals surface area contributed by atoms with Gasteiger partial charge >= 0.3 is 0 Å². The van der Waals surface area contributed by atoms with E-state index in [1.54, 1.807) is 0 Å². The summed E-state index contributed by atoms with van der Waals surface area (Å²) in [5.41, 5.74) is 6.65. The van der Waals surface area contributed by atoms with E-state index in [4.69, 9.17) is 5.73 Å². The fourth-order valence-electron chi connectivity index (χ4n) is 1.03. The van der Waals surface area contributed by atoms with Crippen molar-refractivity contribution in [2.45, 2.75) is 12.8 Å². The third kappa shape index (κ3) is 2.51. The average molecular weight is 165 g/mol. The minimum Gasteiger partial charge on any atom is -0.373 e. The van der Waals surface area contributed by atoms with Gasteiger partial charge in [0.05, 0.1) is 0 Å². The predicted molar refractivity (Wildman–Crippen MR) is 51.2 cm³/mol. The van der Waals surface area contributed by atoms with Gasteiger partial charge in [0, 0.05) is 13.2 Å². The average Bonchev–Trinajstić information content (AvgIpc) is 2.15. The van der Waals surface area contributed by atoms with Gasteiger partial charge in [-0.15, -0.1) is 0 Å². The normalized spacial score (nSPS) is 9.83. The van der Waals surface area contributed by atoms with E-state index in [0.29, 0.717) is 0 Å². The van der Waals surface area contributed by atoms with Gasteiger partial charge < -0.3 is 11.1 Å². The molecule has 0 aromatic carbocycles. The number of anilines is 1. The molecule has 0 aliphatic carbocycles. The zero-order valence-corrected chi connectivity index (χ0v) is 7.38. The summed E-state index contributed by atoms with van der Waals surface area (Å²) < 4.78 is 0. The Bertz CT molecular complexity index is 218. The minimum absolute atomic E-state index is 0.744. The van der Waals surface area contributed by atoms with Crippen molar-refractivity contribution in [3.63, 3.8) is 0 Å². The first-order chi connectivity index (χ1) is 5.86. The first kappa shape index (κ1) is 9.00. The number of hydrogen-bond acceptors (Lipinski definition) is 3. The van der Waals surface area contributed by atoms with Gasteiger partial charge in [0.2, 0.25) is 0 Å². The largest absolute Gasteiger partial charge is 0.373 e. The van der Waals surface area contributed by atoms with Crippen molar-refractivity contribution in [3.8, 4) is 0 Å². The van der Waals surface area contributed by atoms with Crippen molar-refractivity contribution in [3.05, 3.63) is 23.9 Å². The molecule has 1 rings (SSSR count). The monoisotopic (exact) mass is 165 g/mol. The summed E-state index contributed by atoms with van der Waals surface area (Å²) in [4.78, 5) is 4.20. The van der Waals surface area contributed by atoms with Crippen LogP contribution in [0.25, 0.3) is 0 Å². The molecule has 0 saturated carbocycles. The zero-order chi connectivity index (χ0) is 8.81. The van der Waals surface area contributed by atoms with Crippen molar-refractivity contribution in [2.75, 3.05) is 18.9 Å². The summed E-state index contributed by atoms with van der Waals surface area (Å²) in [5.74, 6) is 0.909. The molecule has 0 amide bonds. The topological polar surface area (TPSA) is 50.9 Å². The number of aromatic nitrogens is 1. The van der Waals surface area contributed by atoms with Crippen LogP contribution in [0.3, 0.4) is 0 Å². The Morgan fingerprint density at radius 3 is 2.83 bits per heavy atom. The number of pyridine rings is 1. The first-order valence-corrected chi connectivity index (χ1v) is 4.19. The highest BCUT2D eigenvalue weighted by molar-refractivity contribution is 5.34. The number of nitrogens with two attached hydrogens (primary N) is 1. The summed E-state index contributed by atoms with van der Waals surface area (Å²) in [6, 6.07) is 4.06. The predicted octanol–water partition coefficient (Wildman–Crippen LogP) is 1.01. The Labute approximate surface area is 73.0 Å². The van der Waals surface area contributed by atoms with Crippen LogP contribution in [-0.4, -0.2) is 18.6 Å². The van der Waals surface area contributed by atoms with Crippen molar-refractivity contribution < 1.29 is 0 Å². The van der Waals surface area contributed by atoms with Gasteiger partial charge in [-0.3, -0.25) is 0 Å². The van der Waals surface area contributed by atoms with E-state index in [9.17, 15) is 0 Å². The molecule has 0 spiro atoms. The first-order valence-electron chi connectivity index (χ1n) is 4.19. The lowest BCUT2D eigenvalue weighted by molar-refractivity contribution is 0.829. The molecule has 1 aromatic rings. The Hall–Kier alpha value is -1.09. The molecule has 3 heteroatoms. The number of aryl methyl sites for hydroxylation is 1. The van der Waals surface area contributed by atoms with E-state index >= 15 is 0 Å². The molecule has 0 saturated heterocycles. The summed E-state index contributed by atoms with van der Waals surface area (Å²) in [6.07, 6.45) is 3.94. The SMILES string of the molecule is CNc1ccc(CCCN)cn1. The summed E-state index contributed by atoms with van der Waals surface area (Å²) >= 11 is 0. The van der Waals surface area contributed by atoms with E-state index in [1.807, 2.05) is 19.3 Å². The van der Waals surface area contributed by atoms with Crippen LogP contribution >= 0.6 is 0 Å². The molecule has 1 heterocycles. The van der Waals surface area contributed by atoms with E-state index in [1.165, 1.54) is 5.56 Å². The van der Waals surface area contributed by atoms with Gasteiger partial charge in [0.25, 0.3) is 0 Å². The molecule has 3 nitrogen and oxygen atoms in total. The maximum absolute atomic E-state index is 5.40. The molecule has 0 aliphatic rings. The standard InChI is InChI=1S/C9H15N3/c1-11-9-5-4-8(7-12-9)3-2-6-10/h4-5,7H,2-3,6,10H2,1H3,(H,11,12). The number of hydrogen-bond donors (Lipinski definition) is 2. The van der Waals surface area contributed by atoms with E-state index in [-0.39, 0.29) is 0 Å². The maximum atomic E-state index is 5.40. The second-order valence-electron chi connectivity index (χ2n) is 2.69. The molecule has 0 atom stereocenters. The van der Waals surface area contributed by atoms with Gasteiger partial charge in [0.15, 0.2) is 0 Å². The van der Waals surface area contributed by atoms with Crippen LogP contribution in [0.1, 0.15) is 12.0 Å². The molecule has 0 bridgehead atoms. The zero-order valence-electron chi connectivity index (χ0n) is 7.38. The molecule has 0 unspecified atom stereocenters. The van der Waals surface area contributed by atoms with Gasteiger partial charge in [-0.05, 0) is 31.0 Å². The Morgan fingerprint density at radius 1 is 1.50 bits per heavy atom. The fraction of sp³-hybridized carbons (Fsp3) is 0.444. The Balaban J connectivity index is 2.53. The van der Waals surface area contributed by atoms with Crippen molar-refractivity contribution in [1.82, 2.24) is 4.98 Å². The van der Waals surface area contributed by atoms with Crippen LogP contribution in [0, 0.1) is 0 Å². The van der Waals surface area contributed by atoms with E-state index in [2.05, 4.69) is 16.4 Å². The molecule has 0 radical (unpaired) electrons. The van der Waals surface area contributed by atoms with E-state index < -0.39 is 0 Å². The number of rotatable bonds is 4. The summed E-state index contributed by atoms with van der Waals surface area (Å²) in [5, 5.41) is 2.97. The highest BCUT2D eigenvalue weighted by Crippen LogP contribution is 2.05. The molecular weight excluding hydrogens is 150 g/mol. The minimum atomic E-state index is 0.744. The van der Waals surface area contributed by atoms with Crippen molar-refractivity contribution in [2.24, 2.45) is 5.73 Å². The third-order valence-electron chi connectivity index (χ3n) is 1.75. The van der Waals surface area contributed by atoms with Crippen LogP contribution in [0.5, 0.6) is 0 Å². The van der Waals surface area contributed by atoms with Crippen LogP contribution in [0.4, 0.5) is 5.82 Å². The van der Waals surface area contributed by atoms with Crippen LogP contribution in [0.15, 0.2) is 18.3 Å². The van der Waals surface area contributed by atoms with Gasteiger partial charge in [0.1, 0.15) is 5.82 Å². The molecule has 3 N–H and O–H groups in total. The molecule has 0 aliphatic heterocycles. The van der Waals surface area contributed by atoms with Gasteiger partial charge in [-0.25, -0.2) is 4.98 Å². The second-order valence-corrected chi connectivity index (χ2v) is 2.69. The van der Waals surface area contributed by atoms with Gasteiger partial charge in [-0.1, -0.05) is 6.07 Å². The van der Waals surface area contributed by atoms with Crippen molar-refractivity contribution >= 4 is 5.82 Å². The van der Waals surface area contributed by atoms with Crippen LogP contribution in [0.2, 0.25) is 0 Å². The molecule has 0 fully saturated rings. The quantitative estimate of drug-likeness (QED) is 0.700. The lowest BCUT2D eigenvalue weighted by atomic mass is 10.1. The smallest absolute Gasteiger partial charge is 0.125 e. The third-order valence-corrected chi connectivity index (χ3v) is 1.75. The molecular formula is C9H15N3. The number of nitrogens with one attached hydrogen (secondary N) is 1. The lowest BCUT2D eigenvalue weighted by Crippen LogP contribution is -2.00. The van der Waals surface area contributed by atoms with Crippen LogP contribution < -0.4 is 11.1 Å². The second kappa shape index (κ2) is 4.72. The van der Waals surface area contributed by atoms with Crippen LogP contribution in [-0.2, 0) is 6.42 Å². The molecule has 12 heavy (non-hydrogen) atoms. The van der Waals surface area contributed by atoms with Gasteiger partial charge in [-0.2, -0.15) is 0 Å². The maximum Gasteiger partial charge on any atom is 0.125 e. The Morgan fingerprint density at radius 2 is 2.33 bits per heavy atom. The highest BCUT2D eigenvalue weighted by Gasteiger charge is 1.92. The lowest BCUT2D eigenvalue weighted by Gasteiger charge is -2.01. The summed E-state index contributed by atoms with van der Waals surface area (Å²) in [6.45, 7) is 0.744. The number of nitrogens with zero attached hydrogens (tertiary/aromatic N) is 1.